The maximum absolute atomic E-state index is 14.8. The number of halogens is 5. The summed E-state index contributed by atoms with van der Waals surface area (Å²) < 4.78 is 138. The number of nitrogens with zero attached hydrogens (tertiary/aromatic N) is 8. The van der Waals surface area contributed by atoms with Gasteiger partial charge in [0.1, 0.15) is 62.5 Å². The summed E-state index contributed by atoms with van der Waals surface area (Å²) in [6.07, 6.45) is 2.18. The zero-order valence-corrected chi connectivity index (χ0v) is 58.6. The quantitative estimate of drug-likeness (QED) is 0.0739. The third-order valence-electron chi connectivity index (χ3n) is 18.7. The lowest BCUT2D eigenvalue weighted by atomic mass is 9.77. The van der Waals surface area contributed by atoms with Gasteiger partial charge in [0.05, 0.1) is 99.0 Å². The Kier molecular flexibility index (Phi) is 17.2. The lowest BCUT2D eigenvalue weighted by molar-refractivity contribution is 0.00578. The number of rotatable bonds is 10. The van der Waals surface area contributed by atoms with Gasteiger partial charge in [0.25, 0.3) is 11.8 Å². The van der Waals surface area contributed by atoms with Crippen molar-refractivity contribution in [3.63, 3.8) is 0 Å². The highest BCUT2D eigenvalue weighted by Gasteiger charge is 2.53. The largest absolute Gasteiger partial charge is 0.497 e. The molecule has 514 valence electrons. The van der Waals surface area contributed by atoms with Crippen molar-refractivity contribution in [2.45, 2.75) is 52.2 Å². The molecule has 6 aromatic heterocycles. The number of hydrogen-bond acceptors (Lipinski definition) is 14. The van der Waals surface area contributed by atoms with Crippen LogP contribution < -0.4 is 34.5 Å². The van der Waals surface area contributed by atoms with Gasteiger partial charge in [-0.3, -0.25) is 18.2 Å². The van der Waals surface area contributed by atoms with Crippen molar-refractivity contribution in [2.24, 2.45) is 0 Å². The van der Waals surface area contributed by atoms with E-state index in [1.54, 1.807) is 54.6 Å². The number of nitrogens with one attached hydrogen (secondary N) is 2. The summed E-state index contributed by atoms with van der Waals surface area (Å²) >= 11 is 6.01. The van der Waals surface area contributed by atoms with Crippen molar-refractivity contribution in [3.05, 3.63) is 185 Å². The van der Waals surface area contributed by atoms with Crippen molar-refractivity contribution >= 4 is 123 Å². The van der Waals surface area contributed by atoms with E-state index in [1.807, 2.05) is 81.6 Å². The Morgan fingerprint density at radius 1 is 0.560 bits per heavy atom. The molecule has 2 amide bonds. The van der Waals surface area contributed by atoms with E-state index >= 15 is 0 Å². The molecule has 0 atom stereocenters. The smallest absolute Gasteiger partial charge is 0.455 e. The zero-order chi connectivity index (χ0) is 71.6. The van der Waals surface area contributed by atoms with E-state index in [4.69, 9.17) is 34.7 Å². The van der Waals surface area contributed by atoms with Crippen molar-refractivity contribution < 1.29 is 62.1 Å². The molecule has 15 rings (SSSR count). The first-order valence-corrected chi connectivity index (χ1v) is 35.4. The summed E-state index contributed by atoms with van der Waals surface area (Å²) in [5, 5.41) is 7.65. The first-order chi connectivity index (χ1) is 47.3. The van der Waals surface area contributed by atoms with Crippen molar-refractivity contribution in [1.82, 2.24) is 29.7 Å². The highest BCUT2D eigenvalue weighted by molar-refractivity contribution is 7.92. The predicted molar refractivity (Wildman–Crippen MR) is 383 cm³/mol. The van der Waals surface area contributed by atoms with Gasteiger partial charge in [-0.2, -0.15) is 0 Å². The molecule has 6 aromatic carbocycles. The summed E-state index contributed by atoms with van der Waals surface area (Å²) in [6, 6.07) is 38.7. The topological polar surface area (TPSA) is 220 Å². The summed E-state index contributed by atoms with van der Waals surface area (Å²) in [6.45, 7) is 8.73. The monoisotopic (exact) mass is 1420 g/mol. The molecular formula is C72H66BClF4N10O10S2. The highest BCUT2D eigenvalue weighted by atomic mass is 35.5. The van der Waals surface area contributed by atoms with Gasteiger partial charge in [0.2, 0.25) is 20.0 Å². The molecule has 3 aliphatic heterocycles. The molecule has 20 nitrogen and oxygen atoms in total. The van der Waals surface area contributed by atoms with E-state index in [9.17, 15) is 44.0 Å². The molecule has 9 heterocycles. The molecule has 0 bridgehead atoms. The van der Waals surface area contributed by atoms with Crippen LogP contribution in [0.3, 0.4) is 0 Å². The number of carbonyl (C=O) groups excluding carboxylic acids is 2. The van der Waals surface area contributed by atoms with Crippen LogP contribution >= 0.6 is 11.6 Å². The Balaban J connectivity index is 0.000000144. The van der Waals surface area contributed by atoms with Crippen LogP contribution in [0, 0.1) is 23.3 Å². The predicted octanol–water partition coefficient (Wildman–Crippen LogP) is 13.4. The second-order valence-corrected chi connectivity index (χ2v) is 30.0. The fraction of sp³-hybridized carbons (Fsp3) is 0.222. The van der Waals surface area contributed by atoms with Gasteiger partial charge in [0, 0.05) is 98.1 Å². The number of furan rings is 2. The molecule has 3 aliphatic rings. The minimum Gasteiger partial charge on any atom is -0.455 e. The van der Waals surface area contributed by atoms with Crippen LogP contribution in [0.1, 0.15) is 48.4 Å². The SMILES string of the molecule is CN1Cn2c(cc3c(F)cccc32)-c2nc(Cl)ccc21.CNC(=O)c1c(-c2ccc(F)cc2)oc2cc(N(C)S(C)(=O)=O)c(-c3ccc4c(n3)-c3cc5c(F)cccc5n3CN4C)cc12.CNC(=O)c1c(-c2ccc(F)cc2)oc2cc(N(C)S(C)(=O)=O)c(B3OC(C)(C)C(C)(C)O3)cc12. The molecular weight excluding hydrogens is 1350 g/mol. The van der Waals surface area contributed by atoms with Crippen molar-refractivity contribution in [2.75, 3.05) is 73.2 Å². The summed E-state index contributed by atoms with van der Waals surface area (Å²) in [4.78, 5) is 39.7. The van der Waals surface area contributed by atoms with E-state index in [0.29, 0.717) is 79.3 Å². The fourth-order valence-electron chi connectivity index (χ4n) is 12.6. The molecule has 0 unspecified atom stereocenters. The number of carbonyl (C=O) groups is 2. The van der Waals surface area contributed by atoms with Crippen LogP contribution in [0.15, 0.2) is 154 Å². The summed E-state index contributed by atoms with van der Waals surface area (Å²) in [5.74, 6) is -1.82. The Labute approximate surface area is 578 Å². The average Bonchev–Trinajstić information content (AvgIpc) is 1.59. The third kappa shape index (κ3) is 12.0. The lowest BCUT2D eigenvalue weighted by Crippen LogP contribution is -2.41. The first-order valence-electron chi connectivity index (χ1n) is 31.3. The van der Waals surface area contributed by atoms with Gasteiger partial charge >= 0.3 is 7.12 Å². The van der Waals surface area contributed by atoms with E-state index in [2.05, 4.69) is 25.1 Å². The van der Waals surface area contributed by atoms with Crippen molar-refractivity contribution in [1.29, 1.82) is 0 Å². The van der Waals surface area contributed by atoms with Crippen LogP contribution in [0.5, 0.6) is 0 Å². The number of hydrogen-bond donors (Lipinski definition) is 2. The van der Waals surface area contributed by atoms with Crippen LogP contribution in [0.25, 0.3) is 100 Å². The fourth-order valence-corrected chi connectivity index (χ4v) is 13.8. The molecule has 1 saturated heterocycles. The Hall–Kier alpha value is -10.2. The summed E-state index contributed by atoms with van der Waals surface area (Å²) in [5.41, 5.74) is 8.91. The first kappa shape index (κ1) is 68.3. The zero-order valence-electron chi connectivity index (χ0n) is 56.2. The molecule has 0 spiro atoms. The second kappa shape index (κ2) is 25.2. The molecule has 0 aliphatic carbocycles. The van der Waals surface area contributed by atoms with Gasteiger partial charge in [-0.15, -0.1) is 0 Å². The third-order valence-corrected chi connectivity index (χ3v) is 21.3. The standard InChI is InChI=1S/C33H27F2N5O4S.C24H28BFN2O6S.C15H11ClFN3/c1-36-33(41)30-22-14-21(27(39(3)45(4,42)43)16-29(22)44-32(30)18-8-10-19(34)11-9-18)24-12-13-26-31(37-24)28-15-20-23(35)6-5-7-25(20)40(28)17-38(26)2;1-23(2)24(3,4)34-25(33-23)17-12-16-19(13-18(17)28(6)35(7,30)31)32-21(20(16)22(29)27-5)14-8-10-15(26)11-9-14;1-19-8-20-11-4-2-3-10(17)9(11)7-13(20)15-12(19)5-6-14(16)18-15/h5-16H,17H2,1-4H3,(H,36,41);8-13H,1-7H3,(H,27,29);2-7H,8H2,1H3. The van der Waals surface area contributed by atoms with Gasteiger partial charge in [-0.1, -0.05) is 23.7 Å². The highest BCUT2D eigenvalue weighted by Crippen LogP contribution is 2.46. The molecule has 2 N–H and O–H groups in total. The number of fused-ring (bicyclic) bond motifs is 12. The molecule has 1 fully saturated rings. The molecule has 0 saturated carbocycles. The van der Waals surface area contributed by atoms with Crippen LogP contribution in [-0.4, -0.2) is 121 Å². The maximum Gasteiger partial charge on any atom is 0.497 e. The number of benzene rings is 6. The second-order valence-electron chi connectivity index (χ2n) is 25.6. The molecule has 28 heteroatoms. The van der Waals surface area contributed by atoms with Gasteiger partial charge in [0.15, 0.2) is 0 Å². The number of amides is 2. The van der Waals surface area contributed by atoms with Gasteiger partial charge < -0.3 is 47.7 Å². The van der Waals surface area contributed by atoms with Gasteiger partial charge in [-0.25, -0.2) is 44.4 Å². The van der Waals surface area contributed by atoms with E-state index in [1.165, 1.54) is 88.9 Å². The van der Waals surface area contributed by atoms with Crippen LogP contribution in [0.4, 0.5) is 40.3 Å². The lowest BCUT2D eigenvalue weighted by Gasteiger charge is -2.32. The van der Waals surface area contributed by atoms with E-state index < -0.39 is 61.8 Å². The Morgan fingerprint density at radius 2 is 0.990 bits per heavy atom. The van der Waals surface area contributed by atoms with E-state index in [0.717, 1.165) is 60.6 Å². The number of pyridine rings is 2. The maximum atomic E-state index is 14.8. The molecule has 12 aromatic rings. The number of anilines is 4. The van der Waals surface area contributed by atoms with Crippen LogP contribution in [-0.2, 0) is 42.7 Å². The van der Waals surface area contributed by atoms with Gasteiger partial charge in [-0.05, 0) is 149 Å². The van der Waals surface area contributed by atoms with E-state index in [-0.39, 0.29) is 51.1 Å². The molecule has 0 radical (unpaired) electrons. The Bertz CT molecular complexity index is 5570. The summed E-state index contributed by atoms with van der Waals surface area (Å²) in [7, 11) is 1.45. The van der Waals surface area contributed by atoms with Crippen LogP contribution in [0.2, 0.25) is 5.15 Å². The van der Waals surface area contributed by atoms with Crippen molar-refractivity contribution in [3.8, 4) is 56.7 Å². The number of aromatic nitrogens is 4. The Morgan fingerprint density at radius 3 is 1.45 bits per heavy atom. The minimum absolute atomic E-state index is 0.209. The minimum atomic E-state index is -3.74. The normalized spacial score (nSPS) is 14.4. The average molecular weight is 1420 g/mol. The number of sulfonamides is 2. The molecule has 100 heavy (non-hydrogen) atoms.